The minimum absolute atomic E-state index is 0.0376. The fourth-order valence-corrected chi connectivity index (χ4v) is 2.21. The Hall–Kier alpha value is -1.99. The molecule has 0 radical (unpaired) electrons. The van der Waals surface area contributed by atoms with Gasteiger partial charge in [-0.3, -0.25) is 14.5 Å². The van der Waals surface area contributed by atoms with Gasteiger partial charge in [-0.25, -0.2) is 4.39 Å². The second kappa shape index (κ2) is 6.64. The summed E-state index contributed by atoms with van der Waals surface area (Å²) in [5, 5.41) is 5.84. The molecule has 2 amide bonds. The first-order valence-electron chi connectivity index (χ1n) is 6.80. The van der Waals surface area contributed by atoms with E-state index >= 15 is 0 Å². The van der Waals surface area contributed by atoms with Gasteiger partial charge in [0.25, 0.3) is 0 Å². The van der Waals surface area contributed by atoms with Crippen LogP contribution in [0.2, 0.25) is 0 Å². The van der Waals surface area contributed by atoms with E-state index in [1.165, 1.54) is 6.07 Å². The highest BCUT2D eigenvalue weighted by molar-refractivity contribution is 5.97. The lowest BCUT2D eigenvalue weighted by molar-refractivity contribution is -0.117. The molecule has 0 aromatic heterocycles. The number of carbonyl (C=O) groups is 2. The molecular formula is C14H19FN4O2. The Kier molecular flexibility index (Phi) is 4.87. The normalized spacial score (nSPS) is 15.7. The lowest BCUT2D eigenvalue weighted by Gasteiger charge is -2.26. The topological polar surface area (TPSA) is 87.5 Å². The SMILES string of the molecule is Cc1c(F)cc(C(N)=O)cc1NC(=O)CN1CCNCC1. The van der Waals surface area contributed by atoms with Crippen molar-refractivity contribution >= 4 is 17.5 Å². The zero-order chi connectivity index (χ0) is 15.4. The molecule has 0 saturated carbocycles. The van der Waals surface area contributed by atoms with Crippen molar-refractivity contribution in [3.63, 3.8) is 0 Å². The molecule has 1 aromatic carbocycles. The Labute approximate surface area is 122 Å². The van der Waals surface area contributed by atoms with Crippen LogP contribution in [0.15, 0.2) is 12.1 Å². The first kappa shape index (κ1) is 15.4. The highest BCUT2D eigenvalue weighted by Gasteiger charge is 2.16. The van der Waals surface area contributed by atoms with Crippen LogP contribution in [0, 0.1) is 12.7 Å². The van der Waals surface area contributed by atoms with Gasteiger partial charge in [0.1, 0.15) is 5.82 Å². The van der Waals surface area contributed by atoms with E-state index in [1.807, 2.05) is 4.90 Å². The number of nitrogens with two attached hydrogens (primary N) is 1. The second-order valence-electron chi connectivity index (χ2n) is 5.07. The molecule has 0 spiro atoms. The van der Waals surface area contributed by atoms with Crippen LogP contribution < -0.4 is 16.4 Å². The monoisotopic (exact) mass is 294 g/mol. The highest BCUT2D eigenvalue weighted by atomic mass is 19.1. The number of hydrogen-bond acceptors (Lipinski definition) is 4. The number of halogens is 1. The minimum Gasteiger partial charge on any atom is -0.366 e. The third-order valence-corrected chi connectivity index (χ3v) is 3.48. The summed E-state index contributed by atoms with van der Waals surface area (Å²) in [6.45, 7) is 5.06. The molecule has 1 aromatic rings. The number of piperazine rings is 1. The van der Waals surface area contributed by atoms with Gasteiger partial charge in [-0.05, 0) is 19.1 Å². The molecule has 114 valence electrons. The van der Waals surface area contributed by atoms with Crippen molar-refractivity contribution < 1.29 is 14.0 Å². The molecule has 21 heavy (non-hydrogen) atoms. The van der Waals surface area contributed by atoms with E-state index in [-0.39, 0.29) is 29.3 Å². The van der Waals surface area contributed by atoms with E-state index in [4.69, 9.17) is 5.73 Å². The van der Waals surface area contributed by atoms with Crippen molar-refractivity contribution in [2.45, 2.75) is 6.92 Å². The first-order valence-corrected chi connectivity index (χ1v) is 6.80. The van der Waals surface area contributed by atoms with Crippen molar-refractivity contribution in [1.29, 1.82) is 0 Å². The number of rotatable bonds is 4. The largest absolute Gasteiger partial charge is 0.366 e. The molecule has 6 nitrogen and oxygen atoms in total. The number of anilines is 1. The van der Waals surface area contributed by atoms with Gasteiger partial charge < -0.3 is 16.4 Å². The van der Waals surface area contributed by atoms with Crippen LogP contribution in [0.1, 0.15) is 15.9 Å². The first-order chi connectivity index (χ1) is 9.97. The summed E-state index contributed by atoms with van der Waals surface area (Å²) in [7, 11) is 0. The van der Waals surface area contributed by atoms with Gasteiger partial charge in [-0.1, -0.05) is 0 Å². The smallest absolute Gasteiger partial charge is 0.248 e. The van der Waals surface area contributed by atoms with E-state index in [0.717, 1.165) is 32.2 Å². The third kappa shape index (κ3) is 3.99. The molecule has 0 bridgehead atoms. The Balaban J connectivity index is 2.07. The van der Waals surface area contributed by atoms with Gasteiger partial charge in [0.15, 0.2) is 0 Å². The van der Waals surface area contributed by atoms with Gasteiger partial charge in [-0.2, -0.15) is 0 Å². The van der Waals surface area contributed by atoms with E-state index < -0.39 is 11.7 Å². The average Bonchev–Trinajstić information content (AvgIpc) is 2.44. The highest BCUT2D eigenvalue weighted by Crippen LogP contribution is 2.20. The Morgan fingerprint density at radius 2 is 2.05 bits per heavy atom. The quantitative estimate of drug-likeness (QED) is 0.734. The summed E-state index contributed by atoms with van der Waals surface area (Å²) in [6, 6.07) is 2.47. The van der Waals surface area contributed by atoms with Crippen LogP contribution >= 0.6 is 0 Å². The van der Waals surface area contributed by atoms with E-state index in [1.54, 1.807) is 6.92 Å². The van der Waals surface area contributed by atoms with Crippen molar-refractivity contribution in [3.05, 3.63) is 29.1 Å². The summed E-state index contributed by atoms with van der Waals surface area (Å²) in [5.74, 6) is -1.53. The summed E-state index contributed by atoms with van der Waals surface area (Å²) in [4.78, 5) is 25.2. The van der Waals surface area contributed by atoms with Crippen LogP contribution in [0.3, 0.4) is 0 Å². The lowest BCUT2D eigenvalue weighted by Crippen LogP contribution is -2.46. The Bertz CT molecular complexity index is 556. The predicted molar refractivity (Wildman–Crippen MR) is 77.6 cm³/mol. The fraction of sp³-hybridized carbons (Fsp3) is 0.429. The fourth-order valence-electron chi connectivity index (χ4n) is 2.21. The van der Waals surface area contributed by atoms with Crippen molar-refractivity contribution in [2.24, 2.45) is 5.73 Å². The lowest BCUT2D eigenvalue weighted by atomic mass is 10.1. The van der Waals surface area contributed by atoms with Crippen LogP contribution in [0.25, 0.3) is 0 Å². The Morgan fingerprint density at radius 1 is 1.38 bits per heavy atom. The maximum absolute atomic E-state index is 13.7. The number of benzene rings is 1. The van der Waals surface area contributed by atoms with Crippen molar-refractivity contribution in [1.82, 2.24) is 10.2 Å². The molecule has 7 heteroatoms. The van der Waals surface area contributed by atoms with E-state index in [9.17, 15) is 14.0 Å². The van der Waals surface area contributed by atoms with Gasteiger partial charge in [-0.15, -0.1) is 0 Å². The zero-order valence-electron chi connectivity index (χ0n) is 11.9. The van der Waals surface area contributed by atoms with Crippen molar-refractivity contribution in [3.8, 4) is 0 Å². The third-order valence-electron chi connectivity index (χ3n) is 3.48. The molecule has 1 saturated heterocycles. The second-order valence-corrected chi connectivity index (χ2v) is 5.07. The standard InChI is InChI=1S/C14H19FN4O2/c1-9-11(15)6-10(14(16)21)7-12(9)18-13(20)8-19-4-2-17-3-5-19/h6-7,17H,2-5,8H2,1H3,(H2,16,21)(H,18,20). The molecule has 0 atom stereocenters. The molecule has 1 aliphatic rings. The van der Waals surface area contributed by atoms with Gasteiger partial charge in [0.05, 0.1) is 6.54 Å². The zero-order valence-corrected chi connectivity index (χ0v) is 11.9. The average molecular weight is 294 g/mol. The molecule has 1 heterocycles. The van der Waals surface area contributed by atoms with Gasteiger partial charge in [0.2, 0.25) is 11.8 Å². The Morgan fingerprint density at radius 3 is 2.67 bits per heavy atom. The van der Waals surface area contributed by atoms with E-state index in [0.29, 0.717) is 0 Å². The molecule has 0 aliphatic carbocycles. The molecule has 1 aliphatic heterocycles. The minimum atomic E-state index is -0.730. The number of hydrogen-bond donors (Lipinski definition) is 3. The maximum atomic E-state index is 13.7. The summed E-state index contributed by atoms with van der Waals surface area (Å²) in [6.07, 6.45) is 0. The van der Waals surface area contributed by atoms with E-state index in [2.05, 4.69) is 10.6 Å². The van der Waals surface area contributed by atoms with Crippen LogP contribution in [0.4, 0.5) is 10.1 Å². The van der Waals surface area contributed by atoms with Crippen LogP contribution in [-0.2, 0) is 4.79 Å². The number of nitrogens with one attached hydrogen (secondary N) is 2. The number of nitrogens with zero attached hydrogens (tertiary/aromatic N) is 1. The molecule has 4 N–H and O–H groups in total. The predicted octanol–water partition coefficient (Wildman–Crippen LogP) is 0.0767. The molecule has 2 rings (SSSR count). The summed E-state index contributed by atoms with van der Waals surface area (Å²) in [5.41, 5.74) is 5.75. The van der Waals surface area contributed by atoms with Crippen molar-refractivity contribution in [2.75, 3.05) is 38.0 Å². The number of primary amides is 1. The summed E-state index contributed by atoms with van der Waals surface area (Å²) < 4.78 is 13.7. The van der Waals surface area contributed by atoms with Crippen LogP contribution in [0.5, 0.6) is 0 Å². The molecule has 1 fully saturated rings. The molecular weight excluding hydrogens is 275 g/mol. The maximum Gasteiger partial charge on any atom is 0.248 e. The van der Waals surface area contributed by atoms with Crippen LogP contribution in [-0.4, -0.2) is 49.4 Å². The summed E-state index contributed by atoms with van der Waals surface area (Å²) >= 11 is 0. The van der Waals surface area contributed by atoms with Gasteiger partial charge >= 0.3 is 0 Å². The molecule has 0 unspecified atom stereocenters. The number of carbonyl (C=O) groups excluding carboxylic acids is 2. The number of amides is 2. The van der Waals surface area contributed by atoms with Gasteiger partial charge in [0, 0.05) is 43.0 Å².